The molecule has 1 aliphatic rings. The number of hydrogen-bond acceptors (Lipinski definition) is 6. The SMILES string of the molecule is Cc1cc(Cl)cc(Oc2ccc(C#N)cc2S(=O)(=O)NC2CCN(S(C)(=O)=O)CC2)c1. The maximum atomic E-state index is 13.1. The fraction of sp³-hybridized carbons (Fsp3) is 0.350. The maximum absolute atomic E-state index is 13.1. The van der Waals surface area contributed by atoms with E-state index in [0.717, 1.165) is 11.8 Å². The van der Waals surface area contributed by atoms with E-state index in [9.17, 15) is 22.1 Å². The zero-order valence-corrected chi connectivity index (χ0v) is 19.4. The summed E-state index contributed by atoms with van der Waals surface area (Å²) in [6.45, 7) is 2.30. The van der Waals surface area contributed by atoms with E-state index in [1.807, 2.05) is 13.0 Å². The molecule has 8 nitrogen and oxygen atoms in total. The van der Waals surface area contributed by atoms with Gasteiger partial charge in [-0.3, -0.25) is 0 Å². The van der Waals surface area contributed by atoms with Gasteiger partial charge in [-0.05, 0) is 61.7 Å². The number of benzene rings is 2. The molecule has 2 aromatic rings. The molecule has 0 unspecified atom stereocenters. The molecule has 1 heterocycles. The molecule has 3 rings (SSSR count). The van der Waals surface area contributed by atoms with Gasteiger partial charge >= 0.3 is 0 Å². The molecule has 1 saturated heterocycles. The average Bonchev–Trinajstić information content (AvgIpc) is 2.67. The molecule has 1 N–H and O–H groups in total. The number of nitrogens with zero attached hydrogens (tertiary/aromatic N) is 2. The van der Waals surface area contributed by atoms with Crippen LogP contribution in [0.15, 0.2) is 41.3 Å². The Balaban J connectivity index is 1.87. The lowest BCUT2D eigenvalue weighted by atomic mass is 10.1. The van der Waals surface area contributed by atoms with Gasteiger partial charge in [0.25, 0.3) is 0 Å². The summed E-state index contributed by atoms with van der Waals surface area (Å²) in [5.74, 6) is 0.425. The molecule has 0 aromatic heterocycles. The molecule has 1 aliphatic heterocycles. The molecular formula is C20H22ClN3O5S2. The first kappa shape index (κ1) is 23.5. The van der Waals surface area contributed by atoms with Crippen LogP contribution in [0.3, 0.4) is 0 Å². The summed E-state index contributed by atoms with van der Waals surface area (Å²) >= 11 is 6.07. The predicted octanol–water partition coefficient (Wildman–Crippen LogP) is 3.01. The summed E-state index contributed by atoms with van der Waals surface area (Å²) in [7, 11) is -7.36. The maximum Gasteiger partial charge on any atom is 0.244 e. The number of nitriles is 1. The number of halogens is 1. The van der Waals surface area contributed by atoms with Crippen LogP contribution in [0.4, 0.5) is 0 Å². The predicted molar refractivity (Wildman–Crippen MR) is 117 cm³/mol. The first-order valence-corrected chi connectivity index (χ1v) is 13.2. The lowest BCUT2D eigenvalue weighted by Gasteiger charge is -2.30. The second-order valence-corrected chi connectivity index (χ2v) is 11.5. The van der Waals surface area contributed by atoms with Crippen molar-refractivity contribution in [1.82, 2.24) is 9.03 Å². The van der Waals surface area contributed by atoms with Gasteiger partial charge in [-0.15, -0.1) is 0 Å². The van der Waals surface area contributed by atoms with Gasteiger partial charge in [-0.25, -0.2) is 25.9 Å². The molecule has 0 bridgehead atoms. The monoisotopic (exact) mass is 483 g/mol. The highest BCUT2D eigenvalue weighted by molar-refractivity contribution is 7.89. The second kappa shape index (κ2) is 9.14. The summed E-state index contributed by atoms with van der Waals surface area (Å²) < 4.78 is 59.4. The Hall–Kier alpha value is -2.16. The molecule has 1 fully saturated rings. The van der Waals surface area contributed by atoms with Gasteiger partial charge in [0.2, 0.25) is 20.0 Å². The fourth-order valence-corrected chi connectivity index (χ4v) is 5.96. The molecule has 0 amide bonds. The second-order valence-electron chi connectivity index (χ2n) is 7.40. The van der Waals surface area contributed by atoms with E-state index in [4.69, 9.17) is 16.3 Å². The first-order chi connectivity index (χ1) is 14.5. The van der Waals surface area contributed by atoms with Crippen molar-refractivity contribution in [2.24, 2.45) is 0 Å². The Labute approximate surface area is 187 Å². The molecule has 11 heteroatoms. The van der Waals surface area contributed by atoms with Crippen molar-refractivity contribution in [2.45, 2.75) is 30.7 Å². The Morgan fingerprint density at radius 1 is 1.13 bits per heavy atom. The smallest absolute Gasteiger partial charge is 0.244 e. The molecule has 0 spiro atoms. The van der Waals surface area contributed by atoms with Crippen LogP contribution < -0.4 is 9.46 Å². The molecule has 0 atom stereocenters. The highest BCUT2D eigenvalue weighted by atomic mass is 35.5. The van der Waals surface area contributed by atoms with Crippen LogP contribution in [0.25, 0.3) is 0 Å². The number of ether oxygens (including phenoxy) is 1. The minimum absolute atomic E-state index is 0.0572. The van der Waals surface area contributed by atoms with Crippen LogP contribution in [0.2, 0.25) is 5.02 Å². The van der Waals surface area contributed by atoms with E-state index in [2.05, 4.69) is 4.72 Å². The van der Waals surface area contributed by atoms with Gasteiger partial charge in [-0.2, -0.15) is 5.26 Å². The highest BCUT2D eigenvalue weighted by Crippen LogP contribution is 2.32. The van der Waals surface area contributed by atoms with Gasteiger partial charge in [0, 0.05) is 24.2 Å². The van der Waals surface area contributed by atoms with Gasteiger partial charge in [0.15, 0.2) is 0 Å². The zero-order valence-electron chi connectivity index (χ0n) is 17.0. The molecule has 0 radical (unpaired) electrons. The van der Waals surface area contributed by atoms with Crippen molar-refractivity contribution < 1.29 is 21.6 Å². The van der Waals surface area contributed by atoms with Crippen molar-refractivity contribution in [2.75, 3.05) is 19.3 Å². The number of sulfonamides is 2. The number of nitrogens with one attached hydrogen (secondary N) is 1. The van der Waals surface area contributed by atoms with E-state index in [-0.39, 0.29) is 29.3 Å². The van der Waals surface area contributed by atoms with Crippen molar-refractivity contribution in [3.63, 3.8) is 0 Å². The van der Waals surface area contributed by atoms with E-state index in [1.165, 1.54) is 22.5 Å². The van der Waals surface area contributed by atoms with Crippen molar-refractivity contribution in [1.29, 1.82) is 5.26 Å². The summed E-state index contributed by atoms with van der Waals surface area (Å²) in [6, 6.07) is 10.7. The number of aryl methyl sites for hydroxylation is 1. The van der Waals surface area contributed by atoms with Crippen LogP contribution in [0.5, 0.6) is 11.5 Å². The average molecular weight is 484 g/mol. The van der Waals surface area contributed by atoms with E-state index < -0.39 is 26.1 Å². The van der Waals surface area contributed by atoms with Crippen LogP contribution >= 0.6 is 11.6 Å². The third-order valence-electron chi connectivity index (χ3n) is 4.85. The molecule has 0 aliphatic carbocycles. The van der Waals surface area contributed by atoms with Gasteiger partial charge in [-0.1, -0.05) is 11.6 Å². The van der Waals surface area contributed by atoms with Crippen LogP contribution in [0, 0.1) is 18.3 Å². The summed E-state index contributed by atoms with van der Waals surface area (Å²) in [5, 5.41) is 9.67. The molecule has 2 aromatic carbocycles. The van der Waals surface area contributed by atoms with Crippen LogP contribution in [-0.2, 0) is 20.0 Å². The Morgan fingerprint density at radius 2 is 1.81 bits per heavy atom. The van der Waals surface area contributed by atoms with Crippen molar-refractivity contribution in [3.05, 3.63) is 52.5 Å². The third-order valence-corrected chi connectivity index (χ3v) is 7.91. The fourth-order valence-electron chi connectivity index (χ4n) is 3.35. The van der Waals surface area contributed by atoms with Gasteiger partial charge in [0.1, 0.15) is 16.4 Å². The molecular weight excluding hydrogens is 462 g/mol. The molecule has 0 saturated carbocycles. The first-order valence-electron chi connectivity index (χ1n) is 9.44. The van der Waals surface area contributed by atoms with Crippen LogP contribution in [0.1, 0.15) is 24.0 Å². The lowest BCUT2D eigenvalue weighted by molar-refractivity contribution is 0.310. The number of hydrogen-bond donors (Lipinski definition) is 1. The van der Waals surface area contributed by atoms with Gasteiger partial charge in [0.05, 0.1) is 17.9 Å². The van der Waals surface area contributed by atoms with E-state index >= 15 is 0 Å². The van der Waals surface area contributed by atoms with E-state index in [0.29, 0.717) is 23.6 Å². The zero-order chi connectivity index (χ0) is 22.8. The Bertz CT molecular complexity index is 1210. The van der Waals surface area contributed by atoms with Gasteiger partial charge < -0.3 is 4.74 Å². The Kier molecular flexibility index (Phi) is 6.93. The summed E-state index contributed by atoms with van der Waals surface area (Å²) in [4.78, 5) is -0.172. The largest absolute Gasteiger partial charge is 0.456 e. The van der Waals surface area contributed by atoms with Crippen LogP contribution in [-0.4, -0.2) is 46.5 Å². The minimum atomic E-state index is -4.04. The quantitative estimate of drug-likeness (QED) is 0.675. The number of rotatable bonds is 6. The summed E-state index contributed by atoms with van der Waals surface area (Å²) in [5.41, 5.74) is 1.01. The standard InChI is InChI=1S/C20H22ClN3O5S2/c1-14-9-16(21)12-18(10-14)29-19-4-3-15(13-22)11-20(19)31(27,28)23-17-5-7-24(8-6-17)30(2,25)26/h3-4,9-12,17,23H,5-8H2,1-2H3. The van der Waals surface area contributed by atoms with Crippen molar-refractivity contribution >= 4 is 31.6 Å². The normalized spacial score (nSPS) is 16.1. The molecule has 31 heavy (non-hydrogen) atoms. The lowest BCUT2D eigenvalue weighted by Crippen LogP contribution is -2.46. The molecule has 166 valence electrons. The minimum Gasteiger partial charge on any atom is -0.456 e. The Morgan fingerprint density at radius 3 is 2.39 bits per heavy atom. The number of piperidine rings is 1. The summed E-state index contributed by atoms with van der Waals surface area (Å²) in [6.07, 6.45) is 1.81. The topological polar surface area (TPSA) is 117 Å². The highest BCUT2D eigenvalue weighted by Gasteiger charge is 2.30. The third kappa shape index (κ3) is 5.96. The van der Waals surface area contributed by atoms with E-state index in [1.54, 1.807) is 18.2 Å². The van der Waals surface area contributed by atoms with Crippen molar-refractivity contribution in [3.8, 4) is 17.6 Å².